The van der Waals surface area contributed by atoms with E-state index in [1.165, 1.54) is 6.07 Å². The summed E-state index contributed by atoms with van der Waals surface area (Å²) in [5.41, 5.74) is 0.486. The molecule has 146 valence electrons. The number of nitrogens with zero attached hydrogens (tertiary/aromatic N) is 2. The van der Waals surface area contributed by atoms with Gasteiger partial charge in [0, 0.05) is 18.7 Å². The summed E-state index contributed by atoms with van der Waals surface area (Å²) in [6.45, 7) is 3.36. The third kappa shape index (κ3) is 4.65. The van der Waals surface area contributed by atoms with Crippen molar-refractivity contribution in [3.63, 3.8) is 0 Å². The molecule has 1 fully saturated rings. The SMILES string of the molecule is CC1CCN(C(=O)COC(=O)CCN=C2NS(=O)(=O)c3ccccc32)CC1. The zero-order valence-electron chi connectivity index (χ0n) is 15.2. The van der Waals surface area contributed by atoms with Crippen LogP contribution in [0.3, 0.4) is 0 Å². The number of nitrogens with one attached hydrogen (secondary N) is 1. The molecule has 0 saturated carbocycles. The number of amides is 1. The van der Waals surface area contributed by atoms with E-state index in [1.54, 1.807) is 23.1 Å². The lowest BCUT2D eigenvalue weighted by molar-refractivity contribution is -0.152. The zero-order chi connectivity index (χ0) is 19.4. The number of hydrogen-bond acceptors (Lipinski definition) is 6. The van der Waals surface area contributed by atoms with Crippen molar-refractivity contribution in [1.29, 1.82) is 0 Å². The van der Waals surface area contributed by atoms with E-state index >= 15 is 0 Å². The van der Waals surface area contributed by atoms with E-state index in [4.69, 9.17) is 4.74 Å². The van der Waals surface area contributed by atoms with E-state index in [-0.39, 0.29) is 36.2 Å². The fourth-order valence-corrected chi connectivity index (χ4v) is 4.32. The molecule has 1 N–H and O–H groups in total. The van der Waals surface area contributed by atoms with Crippen molar-refractivity contribution in [2.24, 2.45) is 10.9 Å². The van der Waals surface area contributed by atoms with Crippen LogP contribution in [0.1, 0.15) is 31.7 Å². The fraction of sp³-hybridized carbons (Fsp3) is 0.500. The van der Waals surface area contributed by atoms with Gasteiger partial charge in [-0.15, -0.1) is 0 Å². The molecular weight excluding hydrogens is 370 g/mol. The molecule has 2 aliphatic heterocycles. The summed E-state index contributed by atoms with van der Waals surface area (Å²) >= 11 is 0. The van der Waals surface area contributed by atoms with Gasteiger partial charge in [0.2, 0.25) is 0 Å². The Hall–Kier alpha value is -2.42. The quantitative estimate of drug-likeness (QED) is 0.749. The highest BCUT2D eigenvalue weighted by Crippen LogP contribution is 2.22. The second-order valence-corrected chi connectivity index (χ2v) is 8.46. The van der Waals surface area contributed by atoms with Crippen molar-refractivity contribution in [2.75, 3.05) is 26.2 Å². The van der Waals surface area contributed by atoms with Crippen LogP contribution in [0.25, 0.3) is 0 Å². The van der Waals surface area contributed by atoms with Crippen LogP contribution in [-0.4, -0.2) is 57.3 Å². The molecule has 0 unspecified atom stereocenters. The normalized spacial score (nSPS) is 20.2. The van der Waals surface area contributed by atoms with E-state index in [2.05, 4.69) is 16.6 Å². The Morgan fingerprint density at radius 1 is 1.26 bits per heavy atom. The highest BCUT2D eigenvalue weighted by atomic mass is 32.2. The van der Waals surface area contributed by atoms with Crippen molar-refractivity contribution in [3.8, 4) is 0 Å². The Bertz CT molecular complexity index is 858. The molecule has 8 nitrogen and oxygen atoms in total. The van der Waals surface area contributed by atoms with E-state index < -0.39 is 16.0 Å². The van der Waals surface area contributed by atoms with Crippen LogP contribution in [0, 0.1) is 5.92 Å². The summed E-state index contributed by atoms with van der Waals surface area (Å²) in [7, 11) is -3.59. The number of fused-ring (bicyclic) bond motifs is 1. The lowest BCUT2D eigenvalue weighted by atomic mass is 9.99. The molecule has 0 spiro atoms. The van der Waals surface area contributed by atoms with Crippen LogP contribution in [0.15, 0.2) is 34.2 Å². The first-order valence-corrected chi connectivity index (χ1v) is 10.4. The third-order valence-corrected chi connectivity index (χ3v) is 6.14. The number of piperidine rings is 1. The van der Waals surface area contributed by atoms with Crippen molar-refractivity contribution in [2.45, 2.75) is 31.1 Å². The number of likely N-dealkylation sites (tertiary alicyclic amines) is 1. The number of hydrogen-bond donors (Lipinski definition) is 1. The maximum absolute atomic E-state index is 12.0. The van der Waals surface area contributed by atoms with Gasteiger partial charge < -0.3 is 9.64 Å². The average Bonchev–Trinajstić information content (AvgIpc) is 2.91. The largest absolute Gasteiger partial charge is 0.456 e. The van der Waals surface area contributed by atoms with Crippen LogP contribution >= 0.6 is 0 Å². The molecule has 1 saturated heterocycles. The molecule has 1 aromatic carbocycles. The predicted molar refractivity (Wildman–Crippen MR) is 98.7 cm³/mol. The molecule has 0 atom stereocenters. The van der Waals surface area contributed by atoms with Crippen molar-refractivity contribution in [3.05, 3.63) is 29.8 Å². The maximum Gasteiger partial charge on any atom is 0.308 e. The van der Waals surface area contributed by atoms with Gasteiger partial charge in [0.15, 0.2) is 6.61 Å². The number of benzene rings is 1. The lowest BCUT2D eigenvalue weighted by Gasteiger charge is -2.30. The van der Waals surface area contributed by atoms with E-state index in [0.29, 0.717) is 24.6 Å². The fourth-order valence-electron chi connectivity index (χ4n) is 3.07. The number of carbonyl (C=O) groups excluding carboxylic acids is 2. The van der Waals surface area contributed by atoms with Gasteiger partial charge in [-0.1, -0.05) is 19.1 Å². The molecule has 9 heteroatoms. The summed E-state index contributed by atoms with van der Waals surface area (Å²) in [5.74, 6) is 0.122. The van der Waals surface area contributed by atoms with E-state index in [9.17, 15) is 18.0 Å². The van der Waals surface area contributed by atoms with Gasteiger partial charge in [0.05, 0.1) is 17.9 Å². The standard InChI is InChI=1S/C18H23N3O5S/c1-13-7-10-21(11-8-13)16(22)12-26-17(23)6-9-19-18-14-4-2-3-5-15(14)27(24,25)20-18/h2-5,13H,6-12H2,1H3,(H,19,20). The molecule has 0 aromatic heterocycles. The molecule has 2 aliphatic rings. The summed E-state index contributed by atoms with van der Waals surface area (Å²) in [5, 5.41) is 0. The van der Waals surface area contributed by atoms with E-state index in [0.717, 1.165) is 12.8 Å². The van der Waals surface area contributed by atoms with Gasteiger partial charge in [-0.2, -0.15) is 0 Å². The monoisotopic (exact) mass is 393 g/mol. The van der Waals surface area contributed by atoms with Crippen molar-refractivity contribution >= 4 is 27.7 Å². The number of rotatable bonds is 5. The zero-order valence-corrected chi connectivity index (χ0v) is 16.0. The highest BCUT2D eigenvalue weighted by molar-refractivity contribution is 7.90. The Balaban J connectivity index is 1.46. The molecular formula is C18H23N3O5S. The number of amidine groups is 1. The molecule has 27 heavy (non-hydrogen) atoms. The predicted octanol–water partition coefficient (Wildman–Crippen LogP) is 0.917. The Kier molecular flexibility index (Phi) is 5.79. The number of ether oxygens (including phenoxy) is 1. The minimum Gasteiger partial charge on any atom is -0.456 e. The second kappa shape index (κ2) is 8.08. The lowest BCUT2D eigenvalue weighted by Crippen LogP contribution is -2.40. The summed E-state index contributed by atoms with van der Waals surface area (Å²) in [4.78, 5) is 29.9. The van der Waals surface area contributed by atoms with E-state index in [1.807, 2.05) is 0 Å². The molecule has 0 bridgehead atoms. The minimum atomic E-state index is -3.59. The minimum absolute atomic E-state index is 0.0301. The number of sulfonamides is 1. The number of carbonyl (C=O) groups is 2. The van der Waals surface area contributed by atoms with Gasteiger partial charge >= 0.3 is 5.97 Å². The Labute approximate surface area is 158 Å². The topological polar surface area (TPSA) is 105 Å². The van der Waals surface area contributed by atoms with Crippen LogP contribution in [0.5, 0.6) is 0 Å². The van der Waals surface area contributed by atoms with Gasteiger partial charge in [-0.25, -0.2) is 8.42 Å². The number of esters is 1. The van der Waals surface area contributed by atoms with Crippen LogP contribution in [-0.2, 0) is 24.3 Å². The Morgan fingerprint density at radius 3 is 2.70 bits per heavy atom. The highest BCUT2D eigenvalue weighted by Gasteiger charge is 2.30. The van der Waals surface area contributed by atoms with Gasteiger partial charge in [-0.3, -0.25) is 19.3 Å². The van der Waals surface area contributed by atoms with Gasteiger partial charge in [0.1, 0.15) is 5.84 Å². The van der Waals surface area contributed by atoms with Crippen LogP contribution in [0.2, 0.25) is 0 Å². The molecule has 2 heterocycles. The van der Waals surface area contributed by atoms with Crippen molar-refractivity contribution in [1.82, 2.24) is 9.62 Å². The maximum atomic E-state index is 12.0. The average molecular weight is 393 g/mol. The first-order chi connectivity index (χ1) is 12.9. The first kappa shape index (κ1) is 19.3. The Morgan fingerprint density at radius 2 is 1.96 bits per heavy atom. The molecule has 3 rings (SSSR count). The molecule has 0 aliphatic carbocycles. The summed E-state index contributed by atoms with van der Waals surface area (Å²) < 4.78 is 31.4. The van der Waals surface area contributed by atoms with Gasteiger partial charge in [0.25, 0.3) is 15.9 Å². The third-order valence-electron chi connectivity index (χ3n) is 4.74. The van der Waals surface area contributed by atoms with Crippen LogP contribution in [0.4, 0.5) is 0 Å². The number of aliphatic imine (C=N–C) groups is 1. The summed E-state index contributed by atoms with van der Waals surface area (Å²) in [6, 6.07) is 6.51. The first-order valence-electron chi connectivity index (χ1n) is 8.97. The van der Waals surface area contributed by atoms with Crippen molar-refractivity contribution < 1.29 is 22.7 Å². The molecule has 1 aromatic rings. The van der Waals surface area contributed by atoms with Crippen LogP contribution < -0.4 is 4.72 Å². The smallest absolute Gasteiger partial charge is 0.308 e. The summed E-state index contributed by atoms with van der Waals surface area (Å²) in [6.07, 6.45) is 1.90. The second-order valence-electron chi connectivity index (χ2n) is 6.81. The van der Waals surface area contributed by atoms with Gasteiger partial charge in [-0.05, 0) is 30.9 Å². The molecule has 0 radical (unpaired) electrons. The molecule has 1 amide bonds.